The molecule has 0 aliphatic carbocycles. The SMILES string of the molecule is Cc1ccc(NC(=O)Nc2ccc(Oc3cc(N[C@@H](C)C(=O)NC(C)(C)C)ncn3)cc2)cc1C(F)(F)F. The third-order valence-electron chi connectivity index (χ3n) is 5.03. The summed E-state index contributed by atoms with van der Waals surface area (Å²) < 4.78 is 45.0. The van der Waals surface area contributed by atoms with Crippen molar-refractivity contribution in [2.24, 2.45) is 0 Å². The molecule has 1 aromatic heterocycles. The van der Waals surface area contributed by atoms with Gasteiger partial charge in [-0.25, -0.2) is 14.8 Å². The molecule has 4 N–H and O–H groups in total. The van der Waals surface area contributed by atoms with Gasteiger partial charge in [0.15, 0.2) is 0 Å². The molecule has 0 saturated heterocycles. The maximum absolute atomic E-state index is 13.1. The standard InChI is InChI=1S/C26H29F3N6O3/c1-15-6-7-18(12-20(15)26(27,28)29)34-24(37)33-17-8-10-19(11-9-17)38-22-13-21(30-14-31-22)32-16(2)23(36)35-25(3,4)5/h6-14,16H,1-5H3,(H,35,36)(H,30,31,32)(H2,33,34,37)/t16-/m0/s1. The van der Waals surface area contributed by atoms with Gasteiger partial charge in [-0.1, -0.05) is 6.07 Å². The summed E-state index contributed by atoms with van der Waals surface area (Å²) in [5.74, 6) is 0.844. The summed E-state index contributed by atoms with van der Waals surface area (Å²) in [6.07, 6.45) is -3.23. The molecule has 12 heteroatoms. The van der Waals surface area contributed by atoms with Gasteiger partial charge in [-0.2, -0.15) is 13.2 Å². The molecule has 2 aromatic carbocycles. The molecule has 0 spiro atoms. The number of aromatic nitrogens is 2. The smallest absolute Gasteiger partial charge is 0.416 e. The molecule has 38 heavy (non-hydrogen) atoms. The summed E-state index contributed by atoms with van der Waals surface area (Å²) in [4.78, 5) is 32.7. The highest BCUT2D eigenvalue weighted by Gasteiger charge is 2.32. The van der Waals surface area contributed by atoms with E-state index in [-0.39, 0.29) is 28.6 Å². The summed E-state index contributed by atoms with van der Waals surface area (Å²) in [6, 6.07) is 10.1. The third kappa shape index (κ3) is 8.36. The maximum atomic E-state index is 13.1. The van der Waals surface area contributed by atoms with Crippen LogP contribution in [0.1, 0.15) is 38.8 Å². The number of aryl methyl sites for hydroxylation is 1. The van der Waals surface area contributed by atoms with Crippen molar-refractivity contribution in [3.63, 3.8) is 0 Å². The van der Waals surface area contributed by atoms with E-state index in [1.54, 1.807) is 31.2 Å². The van der Waals surface area contributed by atoms with Gasteiger partial charge < -0.3 is 26.0 Å². The van der Waals surface area contributed by atoms with Gasteiger partial charge in [0.2, 0.25) is 11.8 Å². The molecule has 0 radical (unpaired) electrons. The van der Waals surface area contributed by atoms with E-state index in [2.05, 4.69) is 31.2 Å². The number of rotatable bonds is 7. The number of anilines is 3. The van der Waals surface area contributed by atoms with Crippen LogP contribution in [0.3, 0.4) is 0 Å². The monoisotopic (exact) mass is 530 g/mol. The van der Waals surface area contributed by atoms with E-state index >= 15 is 0 Å². The molecule has 0 aliphatic rings. The van der Waals surface area contributed by atoms with Crippen LogP contribution in [0.5, 0.6) is 11.6 Å². The minimum Gasteiger partial charge on any atom is -0.439 e. The molecule has 3 amide bonds. The second-order valence-electron chi connectivity index (χ2n) is 9.58. The lowest BCUT2D eigenvalue weighted by molar-refractivity contribution is -0.138. The lowest BCUT2D eigenvalue weighted by atomic mass is 10.1. The van der Waals surface area contributed by atoms with E-state index in [4.69, 9.17) is 4.74 Å². The highest BCUT2D eigenvalue weighted by molar-refractivity contribution is 5.99. The van der Waals surface area contributed by atoms with E-state index < -0.39 is 23.8 Å². The summed E-state index contributed by atoms with van der Waals surface area (Å²) in [6.45, 7) is 8.72. The molecule has 0 aliphatic heterocycles. The van der Waals surface area contributed by atoms with Crippen molar-refractivity contribution in [2.45, 2.75) is 52.4 Å². The lowest BCUT2D eigenvalue weighted by Crippen LogP contribution is -2.47. The van der Waals surface area contributed by atoms with Gasteiger partial charge in [-0.05, 0) is 76.6 Å². The molecule has 3 aromatic rings. The molecule has 1 atom stereocenters. The van der Waals surface area contributed by atoms with Gasteiger partial charge >= 0.3 is 12.2 Å². The second-order valence-corrected chi connectivity index (χ2v) is 9.58. The van der Waals surface area contributed by atoms with Gasteiger partial charge in [0.05, 0.1) is 5.56 Å². The van der Waals surface area contributed by atoms with Crippen LogP contribution in [0, 0.1) is 6.92 Å². The molecule has 9 nitrogen and oxygen atoms in total. The first-order valence-electron chi connectivity index (χ1n) is 11.6. The topological polar surface area (TPSA) is 117 Å². The lowest BCUT2D eigenvalue weighted by Gasteiger charge is -2.23. The van der Waals surface area contributed by atoms with Gasteiger partial charge in [-0.3, -0.25) is 4.79 Å². The Morgan fingerprint density at radius 3 is 2.18 bits per heavy atom. The summed E-state index contributed by atoms with van der Waals surface area (Å²) >= 11 is 0. The quantitative estimate of drug-likeness (QED) is 0.300. The zero-order valence-corrected chi connectivity index (χ0v) is 21.5. The van der Waals surface area contributed by atoms with Crippen LogP contribution < -0.4 is 26.0 Å². The van der Waals surface area contributed by atoms with E-state index in [9.17, 15) is 22.8 Å². The van der Waals surface area contributed by atoms with Gasteiger partial charge in [0, 0.05) is 23.0 Å². The first-order valence-corrected chi connectivity index (χ1v) is 11.6. The minimum absolute atomic E-state index is 0.0127. The fourth-order valence-corrected chi connectivity index (χ4v) is 3.27. The Labute approximate surface area is 218 Å². The van der Waals surface area contributed by atoms with Crippen molar-refractivity contribution < 1.29 is 27.5 Å². The van der Waals surface area contributed by atoms with Crippen LogP contribution in [0.4, 0.5) is 35.2 Å². The maximum Gasteiger partial charge on any atom is 0.416 e. The number of ether oxygens (including phenoxy) is 1. The van der Waals surface area contributed by atoms with Crippen LogP contribution in [-0.4, -0.2) is 33.5 Å². The third-order valence-corrected chi connectivity index (χ3v) is 5.03. The molecule has 0 unspecified atom stereocenters. The Balaban J connectivity index is 1.58. The van der Waals surface area contributed by atoms with Crippen molar-refractivity contribution in [3.8, 4) is 11.6 Å². The fourth-order valence-electron chi connectivity index (χ4n) is 3.27. The Morgan fingerprint density at radius 1 is 0.921 bits per heavy atom. The van der Waals surface area contributed by atoms with Gasteiger partial charge in [0.1, 0.15) is 23.9 Å². The average molecular weight is 531 g/mol. The van der Waals surface area contributed by atoms with Crippen molar-refractivity contribution in [2.75, 3.05) is 16.0 Å². The van der Waals surface area contributed by atoms with Crippen molar-refractivity contribution in [3.05, 3.63) is 66.0 Å². The molecular weight excluding hydrogens is 501 g/mol. The van der Waals surface area contributed by atoms with E-state index in [1.807, 2.05) is 20.8 Å². The molecule has 0 bridgehead atoms. The number of alkyl halides is 3. The first-order chi connectivity index (χ1) is 17.7. The zero-order valence-electron chi connectivity index (χ0n) is 21.5. The number of amides is 3. The molecular formula is C26H29F3N6O3. The number of nitrogens with one attached hydrogen (secondary N) is 4. The zero-order chi connectivity index (χ0) is 28.1. The summed E-state index contributed by atoms with van der Waals surface area (Å²) in [5, 5.41) is 10.8. The van der Waals surface area contributed by atoms with Crippen LogP contribution in [-0.2, 0) is 11.0 Å². The number of hydrogen-bond acceptors (Lipinski definition) is 6. The minimum atomic E-state index is -4.52. The largest absolute Gasteiger partial charge is 0.439 e. The van der Waals surface area contributed by atoms with Crippen molar-refractivity contribution in [1.29, 1.82) is 0 Å². The molecule has 1 heterocycles. The van der Waals surface area contributed by atoms with Crippen LogP contribution >= 0.6 is 0 Å². The predicted octanol–water partition coefficient (Wildman–Crippen LogP) is 5.96. The normalized spacial score (nSPS) is 12.3. The highest BCUT2D eigenvalue weighted by atomic mass is 19.4. The van der Waals surface area contributed by atoms with Crippen molar-refractivity contribution in [1.82, 2.24) is 15.3 Å². The Morgan fingerprint density at radius 2 is 1.55 bits per heavy atom. The van der Waals surface area contributed by atoms with Crippen molar-refractivity contribution >= 4 is 29.1 Å². The van der Waals surface area contributed by atoms with E-state index in [0.29, 0.717) is 17.3 Å². The Hall–Kier alpha value is -4.35. The van der Waals surface area contributed by atoms with Crippen LogP contribution in [0.15, 0.2) is 54.9 Å². The first kappa shape index (κ1) is 28.2. The molecule has 0 saturated carbocycles. The number of nitrogens with zero attached hydrogens (tertiary/aromatic N) is 2. The number of hydrogen-bond donors (Lipinski definition) is 4. The van der Waals surface area contributed by atoms with Gasteiger partial charge in [-0.15, -0.1) is 0 Å². The number of urea groups is 1. The highest BCUT2D eigenvalue weighted by Crippen LogP contribution is 2.33. The Kier molecular flexibility index (Phi) is 8.44. The number of benzene rings is 2. The fraction of sp³-hybridized carbons (Fsp3) is 0.308. The van der Waals surface area contributed by atoms with E-state index in [1.165, 1.54) is 31.5 Å². The number of carbonyl (C=O) groups excluding carboxylic acids is 2. The van der Waals surface area contributed by atoms with Crippen LogP contribution in [0.2, 0.25) is 0 Å². The molecule has 0 fully saturated rings. The number of halogens is 3. The van der Waals surface area contributed by atoms with Gasteiger partial charge in [0.25, 0.3) is 0 Å². The average Bonchev–Trinajstić information content (AvgIpc) is 2.80. The predicted molar refractivity (Wildman–Crippen MR) is 138 cm³/mol. The number of carbonyl (C=O) groups is 2. The summed E-state index contributed by atoms with van der Waals surface area (Å²) in [7, 11) is 0. The molecule has 3 rings (SSSR count). The van der Waals surface area contributed by atoms with E-state index in [0.717, 1.165) is 6.07 Å². The Bertz CT molecular complexity index is 1290. The second kappa shape index (κ2) is 11.4. The molecule has 202 valence electrons. The summed E-state index contributed by atoms with van der Waals surface area (Å²) in [5.41, 5.74) is -0.722. The van der Waals surface area contributed by atoms with Crippen LogP contribution in [0.25, 0.3) is 0 Å².